The second-order valence-corrected chi connectivity index (χ2v) is 10.9. The first-order valence-electron chi connectivity index (χ1n) is 11.1. The van der Waals surface area contributed by atoms with E-state index in [1.165, 1.54) is 0 Å². The van der Waals surface area contributed by atoms with Crippen LogP contribution in [0.3, 0.4) is 0 Å². The molecule has 1 atom stereocenters. The number of hydrogen-bond donors (Lipinski definition) is 2. The zero-order valence-corrected chi connectivity index (χ0v) is 23.5. The Morgan fingerprint density at radius 3 is 2.19 bits per heavy atom. The summed E-state index contributed by atoms with van der Waals surface area (Å²) in [5.41, 5.74) is 1.13. The van der Waals surface area contributed by atoms with E-state index < -0.39 is 9.84 Å². The van der Waals surface area contributed by atoms with E-state index in [1.54, 1.807) is 19.2 Å². The molecule has 1 unspecified atom stereocenters. The summed E-state index contributed by atoms with van der Waals surface area (Å²) in [7, 11) is -1.63. The monoisotopic (exact) mass is 566 g/mol. The van der Waals surface area contributed by atoms with Crippen molar-refractivity contribution in [2.24, 2.45) is 4.99 Å². The van der Waals surface area contributed by atoms with Crippen molar-refractivity contribution in [1.82, 2.24) is 15.5 Å². The Labute approximate surface area is 207 Å². The number of nitrogens with one attached hydrogen (secondary N) is 2. The molecule has 2 N–H and O–H groups in total. The van der Waals surface area contributed by atoms with Crippen LogP contribution in [0.5, 0.6) is 0 Å². The lowest BCUT2D eigenvalue weighted by molar-refractivity contribution is 0.292. The van der Waals surface area contributed by atoms with Crippen LogP contribution < -0.4 is 10.6 Å². The lowest BCUT2D eigenvalue weighted by Gasteiger charge is -2.21. The minimum atomic E-state index is -3.34. The molecule has 0 aliphatic rings. The van der Waals surface area contributed by atoms with Crippen LogP contribution in [0, 0.1) is 0 Å². The van der Waals surface area contributed by atoms with Crippen molar-refractivity contribution in [3.05, 3.63) is 29.8 Å². The van der Waals surface area contributed by atoms with E-state index in [-0.39, 0.29) is 41.2 Å². The summed E-state index contributed by atoms with van der Waals surface area (Å²) in [5.74, 6) is 0.669. The van der Waals surface area contributed by atoms with Crippen LogP contribution in [0.2, 0.25) is 0 Å². The molecule has 31 heavy (non-hydrogen) atoms. The number of guanidine groups is 1. The zero-order valence-electron chi connectivity index (χ0n) is 20.4. The first-order valence-corrected chi connectivity index (χ1v) is 12.7. The molecule has 1 aromatic carbocycles. The summed E-state index contributed by atoms with van der Waals surface area (Å²) in [6, 6.07) is 7.50. The SMILES string of the molecule is CCN(CC)CCCC(C)NC(=NC)NCCS(=O)(=O)c1ccc(C(C)(C)C)cc1.I. The van der Waals surface area contributed by atoms with Gasteiger partial charge in [-0.15, -0.1) is 24.0 Å². The molecule has 0 aromatic heterocycles. The highest BCUT2D eigenvalue weighted by Crippen LogP contribution is 2.23. The molecule has 6 nitrogen and oxygen atoms in total. The lowest BCUT2D eigenvalue weighted by atomic mass is 9.87. The van der Waals surface area contributed by atoms with Gasteiger partial charge in [-0.3, -0.25) is 4.99 Å². The fourth-order valence-electron chi connectivity index (χ4n) is 3.25. The van der Waals surface area contributed by atoms with Gasteiger partial charge >= 0.3 is 0 Å². The molecule has 180 valence electrons. The van der Waals surface area contributed by atoms with Gasteiger partial charge in [-0.2, -0.15) is 0 Å². The molecule has 0 spiro atoms. The quantitative estimate of drug-likeness (QED) is 0.240. The van der Waals surface area contributed by atoms with E-state index in [4.69, 9.17) is 0 Å². The van der Waals surface area contributed by atoms with Gasteiger partial charge in [-0.1, -0.05) is 46.8 Å². The molecule has 0 bridgehead atoms. The van der Waals surface area contributed by atoms with Crippen molar-refractivity contribution in [3.63, 3.8) is 0 Å². The highest BCUT2D eigenvalue weighted by Gasteiger charge is 2.18. The van der Waals surface area contributed by atoms with E-state index >= 15 is 0 Å². The van der Waals surface area contributed by atoms with E-state index in [2.05, 4.69) is 62.1 Å². The number of aliphatic imine (C=N–C) groups is 1. The minimum Gasteiger partial charge on any atom is -0.355 e. The minimum absolute atomic E-state index is 0. The molecule has 0 amide bonds. The van der Waals surface area contributed by atoms with Gasteiger partial charge in [0.15, 0.2) is 15.8 Å². The highest BCUT2D eigenvalue weighted by atomic mass is 127. The molecule has 8 heteroatoms. The molecule has 0 heterocycles. The predicted molar refractivity (Wildman–Crippen MR) is 144 cm³/mol. The van der Waals surface area contributed by atoms with E-state index in [1.807, 2.05) is 12.1 Å². The van der Waals surface area contributed by atoms with Gasteiger partial charge in [0.1, 0.15) is 0 Å². The Balaban J connectivity index is 0.00000900. The second kappa shape index (κ2) is 14.3. The predicted octanol–water partition coefficient (Wildman–Crippen LogP) is 4.05. The second-order valence-electron chi connectivity index (χ2n) is 8.81. The molecule has 0 radical (unpaired) electrons. The van der Waals surface area contributed by atoms with Crippen molar-refractivity contribution in [2.45, 2.75) is 70.7 Å². The smallest absolute Gasteiger partial charge is 0.191 e. The van der Waals surface area contributed by atoms with Crippen molar-refractivity contribution in [1.29, 1.82) is 0 Å². The largest absolute Gasteiger partial charge is 0.355 e. The molecule has 1 rings (SSSR count). The fourth-order valence-corrected chi connectivity index (χ4v) is 4.40. The number of halogens is 1. The molecule has 0 fully saturated rings. The summed E-state index contributed by atoms with van der Waals surface area (Å²) >= 11 is 0. The van der Waals surface area contributed by atoms with Gasteiger partial charge in [0, 0.05) is 19.6 Å². The van der Waals surface area contributed by atoms with Crippen molar-refractivity contribution in [3.8, 4) is 0 Å². The molecule has 0 saturated heterocycles. The number of nitrogens with zero attached hydrogens (tertiary/aromatic N) is 2. The number of hydrogen-bond acceptors (Lipinski definition) is 4. The van der Waals surface area contributed by atoms with Crippen molar-refractivity contribution < 1.29 is 8.42 Å². The summed E-state index contributed by atoms with van der Waals surface area (Å²) in [4.78, 5) is 7.00. The summed E-state index contributed by atoms with van der Waals surface area (Å²) in [6.45, 7) is 16.4. The van der Waals surface area contributed by atoms with Crippen molar-refractivity contribution in [2.75, 3.05) is 39.0 Å². The summed E-state index contributed by atoms with van der Waals surface area (Å²) in [5, 5.41) is 6.48. The molecule has 0 saturated carbocycles. The van der Waals surface area contributed by atoms with Crippen LogP contribution in [0.4, 0.5) is 0 Å². The van der Waals surface area contributed by atoms with Gasteiger partial charge in [-0.25, -0.2) is 8.42 Å². The van der Waals surface area contributed by atoms with Crippen LogP contribution in [0.1, 0.15) is 59.9 Å². The Bertz CT molecular complexity index is 755. The average molecular weight is 567 g/mol. The third-order valence-corrected chi connectivity index (χ3v) is 7.09. The van der Waals surface area contributed by atoms with Gasteiger partial charge in [0.25, 0.3) is 0 Å². The standard InChI is InChI=1S/C23H42N4O2S.HI/c1-8-27(9-2)17-10-11-19(3)26-22(24-7)25-16-18-30(28,29)21-14-12-20(13-15-21)23(4,5)6;/h12-15,19H,8-11,16-18H2,1-7H3,(H2,24,25,26);1H. The van der Waals surface area contributed by atoms with Gasteiger partial charge in [-0.05, 0) is 62.5 Å². The first kappa shape index (κ1) is 30.1. The molecular formula is C23H43IN4O2S. The topological polar surface area (TPSA) is 73.8 Å². The van der Waals surface area contributed by atoms with E-state index in [9.17, 15) is 8.42 Å². The summed E-state index contributed by atoms with van der Waals surface area (Å²) in [6.07, 6.45) is 2.15. The van der Waals surface area contributed by atoms with Crippen LogP contribution in [-0.4, -0.2) is 64.3 Å². The lowest BCUT2D eigenvalue weighted by Crippen LogP contribution is -2.43. The molecule has 0 aliphatic carbocycles. The van der Waals surface area contributed by atoms with Crippen LogP contribution in [0.25, 0.3) is 0 Å². The number of rotatable bonds is 11. The summed E-state index contributed by atoms with van der Waals surface area (Å²) < 4.78 is 25.3. The van der Waals surface area contributed by atoms with Crippen LogP contribution in [-0.2, 0) is 15.3 Å². The average Bonchev–Trinajstić information content (AvgIpc) is 2.69. The highest BCUT2D eigenvalue weighted by molar-refractivity contribution is 14.0. The first-order chi connectivity index (χ1) is 14.0. The molecule has 0 aliphatic heterocycles. The van der Waals surface area contributed by atoms with Gasteiger partial charge in [0.05, 0.1) is 10.6 Å². The maximum Gasteiger partial charge on any atom is 0.191 e. The maximum atomic E-state index is 12.6. The maximum absolute atomic E-state index is 12.6. The van der Waals surface area contributed by atoms with Gasteiger partial charge in [0.2, 0.25) is 0 Å². The van der Waals surface area contributed by atoms with Gasteiger partial charge < -0.3 is 15.5 Å². The number of benzene rings is 1. The van der Waals surface area contributed by atoms with Crippen LogP contribution in [0.15, 0.2) is 34.2 Å². The van der Waals surface area contributed by atoms with E-state index in [0.29, 0.717) is 17.4 Å². The molecule has 1 aromatic rings. The van der Waals surface area contributed by atoms with Crippen LogP contribution >= 0.6 is 24.0 Å². The molecular weight excluding hydrogens is 523 g/mol. The zero-order chi connectivity index (χ0) is 22.8. The normalized spacial score (nSPS) is 13.6. The Morgan fingerprint density at radius 1 is 1.13 bits per heavy atom. The Kier molecular flexibility index (Phi) is 13.9. The Morgan fingerprint density at radius 2 is 1.71 bits per heavy atom. The fraction of sp³-hybridized carbons (Fsp3) is 0.696. The Hall–Kier alpha value is -0.870. The number of sulfone groups is 1. The third-order valence-electron chi connectivity index (χ3n) is 5.36. The van der Waals surface area contributed by atoms with E-state index in [0.717, 1.165) is 38.0 Å². The third kappa shape index (κ3) is 11.0. The van der Waals surface area contributed by atoms with Crippen molar-refractivity contribution >= 4 is 39.8 Å².